The monoisotopic (exact) mass is 461 g/mol. The van der Waals surface area contributed by atoms with Crippen LogP contribution < -0.4 is 5.32 Å². The van der Waals surface area contributed by atoms with E-state index in [2.05, 4.69) is 15.0 Å². The van der Waals surface area contributed by atoms with Gasteiger partial charge in [-0.1, -0.05) is 34.4 Å². The normalized spacial score (nSPS) is 15.8. The standard InChI is InChI=1S/C17H17Cl2N3O6S/c18-12-2-1-3-13(19)16(12)29(25,26)22-7-4-11(5-8-22)17(24)27-10-15(23)20-14-6-9-28-21-14/h1-3,6,9,11H,4-5,7-8,10H2,(H,20,21,23). The van der Waals surface area contributed by atoms with Crippen LogP contribution in [0.3, 0.4) is 0 Å². The molecule has 1 aliphatic heterocycles. The third-order valence-corrected chi connectivity index (χ3v) is 7.21. The first-order chi connectivity index (χ1) is 13.8. The van der Waals surface area contributed by atoms with Crippen LogP contribution in [0.2, 0.25) is 10.0 Å². The second kappa shape index (κ2) is 9.12. The Labute approximate surface area is 176 Å². The Morgan fingerprint density at radius 1 is 1.21 bits per heavy atom. The number of carbonyl (C=O) groups is 2. The number of nitrogens with one attached hydrogen (secondary N) is 1. The van der Waals surface area contributed by atoms with Gasteiger partial charge < -0.3 is 14.6 Å². The third kappa shape index (κ3) is 5.08. The molecule has 0 atom stereocenters. The van der Waals surface area contributed by atoms with E-state index >= 15 is 0 Å². The van der Waals surface area contributed by atoms with Gasteiger partial charge in [0.15, 0.2) is 12.4 Å². The van der Waals surface area contributed by atoms with Gasteiger partial charge in [-0.2, -0.15) is 4.31 Å². The summed E-state index contributed by atoms with van der Waals surface area (Å²) in [5.74, 6) is -1.42. The Morgan fingerprint density at radius 3 is 2.45 bits per heavy atom. The summed E-state index contributed by atoms with van der Waals surface area (Å²) >= 11 is 12.0. The average Bonchev–Trinajstić information content (AvgIpc) is 3.19. The van der Waals surface area contributed by atoms with Crippen molar-refractivity contribution in [3.05, 3.63) is 40.6 Å². The summed E-state index contributed by atoms with van der Waals surface area (Å²) in [7, 11) is -3.89. The zero-order valence-corrected chi connectivity index (χ0v) is 17.3. The first-order valence-corrected chi connectivity index (χ1v) is 10.8. The fourth-order valence-corrected chi connectivity index (χ4v) is 5.46. The molecule has 1 aromatic carbocycles. The van der Waals surface area contributed by atoms with Crippen LogP contribution in [-0.4, -0.2) is 49.5 Å². The van der Waals surface area contributed by atoms with Gasteiger partial charge in [0.2, 0.25) is 10.0 Å². The van der Waals surface area contributed by atoms with Crippen LogP contribution >= 0.6 is 23.2 Å². The summed E-state index contributed by atoms with van der Waals surface area (Å²) in [5, 5.41) is 5.99. The van der Waals surface area contributed by atoms with Gasteiger partial charge in [0, 0.05) is 19.2 Å². The van der Waals surface area contributed by atoms with Gasteiger partial charge in [-0.3, -0.25) is 9.59 Å². The Morgan fingerprint density at radius 2 is 1.86 bits per heavy atom. The number of piperidine rings is 1. The van der Waals surface area contributed by atoms with Gasteiger partial charge in [-0.25, -0.2) is 8.42 Å². The van der Waals surface area contributed by atoms with E-state index in [9.17, 15) is 18.0 Å². The molecule has 3 rings (SSSR count). The number of hydrogen-bond donors (Lipinski definition) is 1. The third-order valence-electron chi connectivity index (χ3n) is 4.35. The maximum Gasteiger partial charge on any atom is 0.309 e. The molecule has 0 aliphatic carbocycles. The van der Waals surface area contributed by atoms with Crippen molar-refractivity contribution >= 4 is 50.9 Å². The van der Waals surface area contributed by atoms with Crippen LogP contribution in [0.15, 0.2) is 39.9 Å². The minimum absolute atomic E-state index is 0.0390. The number of rotatable bonds is 6. The van der Waals surface area contributed by atoms with Crippen molar-refractivity contribution in [1.29, 1.82) is 0 Å². The lowest BCUT2D eigenvalue weighted by Crippen LogP contribution is -2.41. The van der Waals surface area contributed by atoms with Crippen LogP contribution in [0.5, 0.6) is 0 Å². The minimum Gasteiger partial charge on any atom is -0.455 e. The second-order valence-corrected chi connectivity index (χ2v) is 8.96. The van der Waals surface area contributed by atoms with Crippen molar-refractivity contribution < 1.29 is 27.3 Å². The molecule has 0 spiro atoms. The predicted molar refractivity (Wildman–Crippen MR) is 104 cm³/mol. The summed E-state index contributed by atoms with van der Waals surface area (Å²) in [6, 6.07) is 5.91. The number of halogens is 2. The van der Waals surface area contributed by atoms with Crippen LogP contribution in [-0.2, 0) is 24.3 Å². The van der Waals surface area contributed by atoms with Gasteiger partial charge >= 0.3 is 5.97 Å². The molecule has 1 saturated heterocycles. The van der Waals surface area contributed by atoms with E-state index < -0.39 is 34.4 Å². The highest BCUT2D eigenvalue weighted by atomic mass is 35.5. The summed E-state index contributed by atoms with van der Waals surface area (Å²) in [6.45, 7) is -0.261. The van der Waals surface area contributed by atoms with Crippen molar-refractivity contribution in [2.45, 2.75) is 17.7 Å². The van der Waals surface area contributed by atoms with Gasteiger partial charge in [0.05, 0.1) is 16.0 Å². The molecule has 156 valence electrons. The van der Waals surface area contributed by atoms with Crippen molar-refractivity contribution in [1.82, 2.24) is 9.46 Å². The number of carbonyl (C=O) groups excluding carboxylic acids is 2. The number of amides is 1. The lowest BCUT2D eigenvalue weighted by molar-refractivity contribution is -0.152. The molecule has 1 amide bonds. The summed E-state index contributed by atoms with van der Waals surface area (Å²) in [4.78, 5) is 23.8. The quantitative estimate of drug-likeness (QED) is 0.656. The number of hydrogen-bond acceptors (Lipinski definition) is 7. The van der Waals surface area contributed by atoms with Crippen LogP contribution in [0.4, 0.5) is 5.82 Å². The second-order valence-electron chi connectivity index (χ2n) is 6.27. The number of ether oxygens (including phenoxy) is 1. The van der Waals surface area contributed by atoms with Crippen molar-refractivity contribution in [2.75, 3.05) is 25.0 Å². The van der Waals surface area contributed by atoms with Crippen LogP contribution in [0.25, 0.3) is 0 Å². The molecule has 9 nitrogen and oxygen atoms in total. The minimum atomic E-state index is -3.89. The average molecular weight is 462 g/mol. The van der Waals surface area contributed by atoms with Crippen molar-refractivity contribution in [3.8, 4) is 0 Å². The molecule has 2 heterocycles. The van der Waals surface area contributed by atoms with Crippen LogP contribution in [0.1, 0.15) is 12.8 Å². The Balaban J connectivity index is 1.53. The van der Waals surface area contributed by atoms with E-state index in [-0.39, 0.29) is 46.7 Å². The summed E-state index contributed by atoms with van der Waals surface area (Å²) in [5.41, 5.74) is 0. The zero-order valence-electron chi connectivity index (χ0n) is 15.0. The van der Waals surface area contributed by atoms with Crippen LogP contribution in [0, 0.1) is 5.92 Å². The van der Waals surface area contributed by atoms with Gasteiger partial charge in [0.25, 0.3) is 5.91 Å². The molecule has 1 N–H and O–H groups in total. The number of benzene rings is 1. The molecule has 0 saturated carbocycles. The Kier molecular flexibility index (Phi) is 6.78. The fourth-order valence-electron chi connectivity index (χ4n) is 2.90. The number of sulfonamides is 1. The number of anilines is 1. The molecule has 1 aromatic heterocycles. The van der Waals surface area contributed by atoms with Gasteiger partial charge in [0.1, 0.15) is 11.2 Å². The maximum absolute atomic E-state index is 12.8. The van der Waals surface area contributed by atoms with Crippen molar-refractivity contribution in [3.63, 3.8) is 0 Å². The highest BCUT2D eigenvalue weighted by Crippen LogP contribution is 2.33. The summed E-state index contributed by atoms with van der Waals surface area (Å²) < 4.78 is 36.5. The lowest BCUT2D eigenvalue weighted by Gasteiger charge is -2.30. The van der Waals surface area contributed by atoms with E-state index in [1.807, 2.05) is 0 Å². The van der Waals surface area contributed by atoms with E-state index in [1.54, 1.807) is 6.07 Å². The predicted octanol–water partition coefficient (Wildman–Crippen LogP) is 2.56. The molecule has 2 aromatic rings. The maximum atomic E-state index is 12.8. The van der Waals surface area contributed by atoms with Gasteiger partial charge in [-0.15, -0.1) is 0 Å². The van der Waals surface area contributed by atoms with E-state index in [4.69, 9.17) is 27.9 Å². The largest absolute Gasteiger partial charge is 0.455 e. The number of esters is 1. The highest BCUT2D eigenvalue weighted by Gasteiger charge is 2.35. The van der Waals surface area contributed by atoms with E-state index in [0.29, 0.717) is 0 Å². The van der Waals surface area contributed by atoms with E-state index in [1.165, 1.54) is 28.8 Å². The van der Waals surface area contributed by atoms with E-state index in [0.717, 1.165) is 0 Å². The van der Waals surface area contributed by atoms with Gasteiger partial charge in [-0.05, 0) is 25.0 Å². The fraction of sp³-hybridized carbons (Fsp3) is 0.353. The first kappa shape index (κ1) is 21.6. The molecule has 12 heteroatoms. The molecular formula is C17H17Cl2N3O6S. The molecule has 1 aliphatic rings. The zero-order chi connectivity index (χ0) is 21.0. The number of aromatic nitrogens is 1. The lowest BCUT2D eigenvalue weighted by atomic mass is 9.98. The highest BCUT2D eigenvalue weighted by molar-refractivity contribution is 7.89. The molecule has 1 fully saturated rings. The molecule has 29 heavy (non-hydrogen) atoms. The first-order valence-electron chi connectivity index (χ1n) is 8.60. The molecule has 0 bridgehead atoms. The number of nitrogens with zero attached hydrogens (tertiary/aromatic N) is 2. The SMILES string of the molecule is O=C(COC(=O)C1CCN(S(=O)(=O)c2c(Cl)cccc2Cl)CC1)Nc1ccon1. The topological polar surface area (TPSA) is 119 Å². The molecule has 0 unspecified atom stereocenters. The smallest absolute Gasteiger partial charge is 0.309 e. The molecule has 0 radical (unpaired) electrons. The molecular weight excluding hydrogens is 445 g/mol. The summed E-state index contributed by atoms with van der Waals surface area (Å²) in [6.07, 6.45) is 1.80. The van der Waals surface area contributed by atoms with Crippen molar-refractivity contribution in [2.24, 2.45) is 5.92 Å². The Bertz CT molecular complexity index is 968. The Hall–Kier alpha value is -2.14.